The Morgan fingerprint density at radius 3 is 2.38 bits per heavy atom. The Labute approximate surface area is 154 Å². The van der Waals surface area contributed by atoms with E-state index in [1.54, 1.807) is 24.3 Å². The Morgan fingerprint density at radius 2 is 1.77 bits per heavy atom. The van der Waals surface area contributed by atoms with Gasteiger partial charge in [-0.15, -0.1) is 5.10 Å². The zero-order valence-electron chi connectivity index (χ0n) is 13.4. The van der Waals surface area contributed by atoms with Crippen LogP contribution in [0.1, 0.15) is 21.7 Å². The van der Waals surface area contributed by atoms with Crippen LogP contribution in [0, 0.1) is 0 Å². The summed E-state index contributed by atoms with van der Waals surface area (Å²) in [4.78, 5) is 12.2. The molecule has 10 heteroatoms. The maximum absolute atomic E-state index is 12.2. The Balaban J connectivity index is 1.58. The van der Waals surface area contributed by atoms with Crippen molar-refractivity contribution in [2.45, 2.75) is 11.3 Å². The smallest absolute Gasteiger partial charge is 0.240 e. The Kier molecular flexibility index (Phi) is 5.40. The first kappa shape index (κ1) is 18.2. The summed E-state index contributed by atoms with van der Waals surface area (Å²) in [7, 11) is -3.59. The molecule has 0 unspecified atom stereocenters. The standard InChI is InChI=1S/C16H14ClN5O3S/c17-13-5-7-14(8-6-13)26(24,25)18-10-9-11-1-3-12(4-2-11)15(23)16-19-21-22-20-16/h1-8,18H,9-10H2,(H,19,20,21,22). The van der Waals surface area contributed by atoms with Gasteiger partial charge in [0, 0.05) is 17.1 Å². The van der Waals surface area contributed by atoms with E-state index < -0.39 is 10.0 Å². The molecule has 0 bridgehead atoms. The van der Waals surface area contributed by atoms with Gasteiger partial charge in [0.15, 0.2) is 0 Å². The molecule has 26 heavy (non-hydrogen) atoms. The van der Waals surface area contributed by atoms with Crippen LogP contribution in [0.3, 0.4) is 0 Å². The van der Waals surface area contributed by atoms with E-state index >= 15 is 0 Å². The van der Waals surface area contributed by atoms with E-state index in [1.165, 1.54) is 24.3 Å². The number of carbonyl (C=O) groups is 1. The summed E-state index contributed by atoms with van der Waals surface area (Å²) in [5, 5.41) is 13.2. The number of sulfonamides is 1. The molecule has 2 aromatic carbocycles. The minimum Gasteiger partial charge on any atom is -0.285 e. The summed E-state index contributed by atoms with van der Waals surface area (Å²) in [6, 6.07) is 12.8. The number of H-pyrrole nitrogens is 1. The number of hydrogen-bond donors (Lipinski definition) is 2. The first-order valence-corrected chi connectivity index (χ1v) is 9.44. The number of benzene rings is 2. The van der Waals surface area contributed by atoms with Crippen LogP contribution in [0.5, 0.6) is 0 Å². The molecule has 0 amide bonds. The van der Waals surface area contributed by atoms with Crippen LogP contribution in [0.4, 0.5) is 0 Å². The largest absolute Gasteiger partial charge is 0.285 e. The number of aromatic nitrogens is 4. The van der Waals surface area contributed by atoms with Gasteiger partial charge >= 0.3 is 0 Å². The Hall–Kier alpha value is -2.62. The summed E-state index contributed by atoms with van der Waals surface area (Å²) in [6.07, 6.45) is 0.477. The average Bonchev–Trinajstić information content (AvgIpc) is 3.17. The van der Waals surface area contributed by atoms with E-state index in [1.807, 2.05) is 0 Å². The minimum absolute atomic E-state index is 0.0634. The third-order valence-corrected chi connectivity index (χ3v) is 5.34. The van der Waals surface area contributed by atoms with Gasteiger partial charge in [-0.25, -0.2) is 18.2 Å². The summed E-state index contributed by atoms with van der Waals surface area (Å²) < 4.78 is 26.9. The molecule has 3 aromatic rings. The van der Waals surface area contributed by atoms with E-state index in [9.17, 15) is 13.2 Å². The van der Waals surface area contributed by atoms with Crippen LogP contribution in [-0.2, 0) is 16.4 Å². The second-order valence-corrected chi connectivity index (χ2v) is 7.58. The van der Waals surface area contributed by atoms with Crippen molar-refractivity contribution in [3.63, 3.8) is 0 Å². The lowest BCUT2D eigenvalue weighted by Crippen LogP contribution is -2.25. The van der Waals surface area contributed by atoms with Crippen LogP contribution >= 0.6 is 11.6 Å². The lowest BCUT2D eigenvalue weighted by atomic mass is 10.1. The van der Waals surface area contributed by atoms with Crippen molar-refractivity contribution >= 4 is 27.4 Å². The molecule has 1 aromatic heterocycles. The average molecular weight is 392 g/mol. The number of carbonyl (C=O) groups excluding carboxylic acids is 1. The number of nitrogens with one attached hydrogen (secondary N) is 2. The fourth-order valence-corrected chi connectivity index (χ4v) is 3.40. The summed E-state index contributed by atoms with van der Waals surface area (Å²) >= 11 is 5.76. The first-order chi connectivity index (χ1) is 12.5. The lowest BCUT2D eigenvalue weighted by molar-refractivity contribution is 0.102. The van der Waals surface area contributed by atoms with E-state index in [0.717, 1.165) is 5.56 Å². The summed E-state index contributed by atoms with van der Waals surface area (Å²) in [6.45, 7) is 0.226. The van der Waals surface area contributed by atoms with Crippen LogP contribution in [-0.4, -0.2) is 41.4 Å². The molecule has 2 N–H and O–H groups in total. The van der Waals surface area contributed by atoms with Gasteiger partial charge in [-0.1, -0.05) is 35.9 Å². The molecule has 0 spiro atoms. The maximum atomic E-state index is 12.2. The van der Waals surface area contributed by atoms with Crippen LogP contribution in [0.15, 0.2) is 53.4 Å². The highest BCUT2D eigenvalue weighted by Crippen LogP contribution is 2.14. The topological polar surface area (TPSA) is 118 Å². The van der Waals surface area contributed by atoms with Crippen molar-refractivity contribution in [2.75, 3.05) is 6.54 Å². The molecule has 0 saturated carbocycles. The molecule has 0 aliphatic heterocycles. The molecule has 3 rings (SSSR count). The Morgan fingerprint density at radius 1 is 1.08 bits per heavy atom. The van der Waals surface area contributed by atoms with E-state index in [0.29, 0.717) is 17.0 Å². The number of aromatic amines is 1. The Bertz CT molecular complexity index is 987. The predicted molar refractivity (Wildman–Crippen MR) is 94.4 cm³/mol. The molecule has 0 fully saturated rings. The number of nitrogens with zero attached hydrogens (tertiary/aromatic N) is 3. The number of halogens is 1. The predicted octanol–water partition coefficient (Wildman–Crippen LogP) is 1.61. The fourth-order valence-electron chi connectivity index (χ4n) is 2.24. The summed E-state index contributed by atoms with van der Waals surface area (Å²) in [5.74, 6) is -0.251. The van der Waals surface area contributed by atoms with Crippen molar-refractivity contribution < 1.29 is 13.2 Å². The van der Waals surface area contributed by atoms with Crippen molar-refractivity contribution in [3.8, 4) is 0 Å². The molecular formula is C16H14ClN5O3S. The molecule has 1 heterocycles. The fraction of sp³-hybridized carbons (Fsp3) is 0.125. The zero-order chi connectivity index (χ0) is 18.6. The van der Waals surface area contributed by atoms with Crippen LogP contribution < -0.4 is 4.72 Å². The first-order valence-electron chi connectivity index (χ1n) is 7.58. The SMILES string of the molecule is O=C(c1ccc(CCNS(=O)(=O)c2ccc(Cl)cc2)cc1)c1nnn[nH]1. The van der Waals surface area contributed by atoms with Gasteiger partial charge in [0.1, 0.15) is 0 Å². The van der Waals surface area contributed by atoms with Crippen LogP contribution in [0.2, 0.25) is 5.02 Å². The number of rotatable bonds is 7. The van der Waals surface area contributed by atoms with Gasteiger partial charge < -0.3 is 0 Å². The third-order valence-electron chi connectivity index (χ3n) is 3.61. The van der Waals surface area contributed by atoms with Gasteiger partial charge in [-0.05, 0) is 46.7 Å². The monoisotopic (exact) mass is 391 g/mol. The third kappa shape index (κ3) is 4.31. The van der Waals surface area contributed by atoms with Crippen molar-refractivity contribution in [1.82, 2.24) is 25.3 Å². The van der Waals surface area contributed by atoms with E-state index in [-0.39, 0.29) is 23.0 Å². The lowest BCUT2D eigenvalue weighted by Gasteiger charge is -2.07. The molecule has 0 atom stereocenters. The van der Waals surface area contributed by atoms with Crippen molar-refractivity contribution in [2.24, 2.45) is 0 Å². The second-order valence-electron chi connectivity index (χ2n) is 5.38. The van der Waals surface area contributed by atoms with E-state index in [4.69, 9.17) is 11.6 Å². The van der Waals surface area contributed by atoms with Gasteiger partial charge in [0.2, 0.25) is 21.6 Å². The highest BCUT2D eigenvalue weighted by atomic mass is 35.5. The summed E-state index contributed by atoms with van der Waals surface area (Å²) in [5.41, 5.74) is 1.32. The highest BCUT2D eigenvalue weighted by Gasteiger charge is 2.14. The second kappa shape index (κ2) is 7.73. The van der Waals surface area contributed by atoms with Crippen molar-refractivity contribution in [3.05, 3.63) is 70.5 Å². The van der Waals surface area contributed by atoms with Gasteiger partial charge in [0.25, 0.3) is 0 Å². The van der Waals surface area contributed by atoms with E-state index in [2.05, 4.69) is 25.3 Å². The van der Waals surface area contributed by atoms with Gasteiger partial charge in [0.05, 0.1) is 4.90 Å². The molecule has 8 nitrogen and oxygen atoms in total. The molecule has 134 valence electrons. The molecular weight excluding hydrogens is 378 g/mol. The zero-order valence-corrected chi connectivity index (χ0v) is 15.0. The number of ketones is 1. The highest BCUT2D eigenvalue weighted by molar-refractivity contribution is 7.89. The number of tetrazole rings is 1. The van der Waals surface area contributed by atoms with Gasteiger partial charge in [-0.3, -0.25) is 4.79 Å². The minimum atomic E-state index is -3.59. The molecule has 0 saturated heterocycles. The normalized spacial score (nSPS) is 11.4. The van der Waals surface area contributed by atoms with Gasteiger partial charge in [-0.2, -0.15) is 0 Å². The molecule has 0 aliphatic rings. The quantitative estimate of drug-likeness (QED) is 0.591. The molecule has 0 radical (unpaired) electrons. The van der Waals surface area contributed by atoms with Crippen LogP contribution in [0.25, 0.3) is 0 Å². The molecule has 0 aliphatic carbocycles. The van der Waals surface area contributed by atoms with Crippen molar-refractivity contribution in [1.29, 1.82) is 0 Å². The maximum Gasteiger partial charge on any atom is 0.240 e. The number of hydrogen-bond acceptors (Lipinski definition) is 6.